The van der Waals surface area contributed by atoms with Crippen molar-refractivity contribution in [3.8, 4) is 5.75 Å². The third-order valence-electron chi connectivity index (χ3n) is 3.27. The van der Waals surface area contributed by atoms with Crippen LogP contribution in [0.2, 0.25) is 0 Å². The van der Waals surface area contributed by atoms with Crippen LogP contribution in [0, 0.1) is 0 Å². The van der Waals surface area contributed by atoms with Crippen molar-refractivity contribution in [1.82, 2.24) is 4.90 Å². The number of ether oxygens (including phenoxy) is 2. The monoisotopic (exact) mass is 291 g/mol. The minimum atomic E-state index is -0.369. The molecule has 0 unspecified atom stereocenters. The first-order chi connectivity index (χ1) is 10.2. The van der Waals surface area contributed by atoms with Crippen LogP contribution in [0.25, 0.3) is 0 Å². The SMILES string of the molecule is CCOC(=O)CN(C(=O)c1ccccc1OCC)C1CC1. The molecule has 1 amide bonds. The molecule has 1 saturated carbocycles. The molecule has 0 aromatic heterocycles. The molecule has 1 aliphatic carbocycles. The summed E-state index contributed by atoms with van der Waals surface area (Å²) in [5.74, 6) is 0.0146. The molecule has 21 heavy (non-hydrogen) atoms. The van der Waals surface area contributed by atoms with Gasteiger partial charge in [-0.2, -0.15) is 0 Å². The zero-order valence-electron chi connectivity index (χ0n) is 12.5. The summed E-state index contributed by atoms with van der Waals surface area (Å²) in [6.45, 7) is 4.44. The fourth-order valence-corrected chi connectivity index (χ4v) is 2.18. The fourth-order valence-electron chi connectivity index (χ4n) is 2.18. The molecule has 0 heterocycles. The maximum Gasteiger partial charge on any atom is 0.325 e. The van der Waals surface area contributed by atoms with Crippen molar-refractivity contribution >= 4 is 11.9 Å². The van der Waals surface area contributed by atoms with E-state index < -0.39 is 0 Å². The molecule has 0 aliphatic heterocycles. The van der Waals surface area contributed by atoms with E-state index in [9.17, 15) is 9.59 Å². The van der Waals surface area contributed by atoms with E-state index in [2.05, 4.69) is 0 Å². The van der Waals surface area contributed by atoms with Gasteiger partial charge < -0.3 is 14.4 Å². The molecule has 0 N–H and O–H groups in total. The van der Waals surface area contributed by atoms with Gasteiger partial charge in [0.05, 0.1) is 18.8 Å². The predicted octanol–water partition coefficient (Wildman–Crippen LogP) is 2.25. The van der Waals surface area contributed by atoms with E-state index in [4.69, 9.17) is 9.47 Å². The lowest BCUT2D eigenvalue weighted by Gasteiger charge is -2.22. The number of hydrogen-bond acceptors (Lipinski definition) is 4. The lowest BCUT2D eigenvalue weighted by molar-refractivity contribution is -0.144. The van der Waals surface area contributed by atoms with E-state index in [1.165, 1.54) is 0 Å². The molecule has 114 valence electrons. The standard InChI is InChI=1S/C16H21NO4/c1-3-20-14-8-6-5-7-13(14)16(19)17(12-9-10-12)11-15(18)21-4-2/h5-8,12H,3-4,9-11H2,1-2H3. The Labute approximate surface area is 124 Å². The Bertz CT molecular complexity index is 511. The Morgan fingerprint density at radius 1 is 1.19 bits per heavy atom. The van der Waals surface area contributed by atoms with E-state index in [1.54, 1.807) is 30.0 Å². The number of benzene rings is 1. The van der Waals surface area contributed by atoms with Gasteiger partial charge in [0.1, 0.15) is 12.3 Å². The van der Waals surface area contributed by atoms with Gasteiger partial charge in [-0.3, -0.25) is 9.59 Å². The summed E-state index contributed by atoms with van der Waals surface area (Å²) in [5, 5.41) is 0. The lowest BCUT2D eigenvalue weighted by atomic mass is 10.1. The molecule has 0 atom stereocenters. The summed E-state index contributed by atoms with van der Waals surface area (Å²) >= 11 is 0. The molecule has 5 nitrogen and oxygen atoms in total. The highest BCUT2D eigenvalue weighted by Gasteiger charge is 2.35. The maximum atomic E-state index is 12.7. The Hall–Kier alpha value is -2.04. The summed E-state index contributed by atoms with van der Waals surface area (Å²) < 4.78 is 10.4. The predicted molar refractivity (Wildman–Crippen MR) is 78.3 cm³/mol. The van der Waals surface area contributed by atoms with Gasteiger partial charge in [-0.15, -0.1) is 0 Å². The number of hydrogen-bond donors (Lipinski definition) is 0. The van der Waals surface area contributed by atoms with Gasteiger partial charge in [0.25, 0.3) is 5.91 Å². The Morgan fingerprint density at radius 3 is 2.52 bits per heavy atom. The van der Waals surface area contributed by atoms with Crippen LogP contribution >= 0.6 is 0 Å². The molecule has 0 radical (unpaired) electrons. The zero-order chi connectivity index (χ0) is 15.2. The van der Waals surface area contributed by atoms with Gasteiger partial charge in [-0.05, 0) is 38.8 Å². The number of esters is 1. The number of carbonyl (C=O) groups excluding carboxylic acids is 2. The van der Waals surface area contributed by atoms with Crippen molar-refractivity contribution in [2.75, 3.05) is 19.8 Å². The molecule has 5 heteroatoms. The first-order valence-corrected chi connectivity index (χ1v) is 7.35. The smallest absolute Gasteiger partial charge is 0.325 e. The normalized spacial score (nSPS) is 13.6. The molecular formula is C16H21NO4. The third-order valence-corrected chi connectivity index (χ3v) is 3.27. The van der Waals surface area contributed by atoms with Crippen LogP contribution in [0.5, 0.6) is 5.75 Å². The van der Waals surface area contributed by atoms with E-state index in [-0.39, 0.29) is 24.5 Å². The van der Waals surface area contributed by atoms with Crippen LogP contribution < -0.4 is 4.74 Å². The summed E-state index contributed by atoms with van der Waals surface area (Å²) in [5.41, 5.74) is 0.496. The average molecular weight is 291 g/mol. The largest absolute Gasteiger partial charge is 0.493 e. The lowest BCUT2D eigenvalue weighted by Crippen LogP contribution is -2.38. The van der Waals surface area contributed by atoms with Crippen molar-refractivity contribution in [1.29, 1.82) is 0 Å². The highest BCUT2D eigenvalue weighted by molar-refractivity contribution is 5.98. The molecule has 0 bridgehead atoms. The second-order valence-electron chi connectivity index (χ2n) is 4.90. The Morgan fingerprint density at radius 2 is 1.90 bits per heavy atom. The van der Waals surface area contributed by atoms with Gasteiger partial charge in [0, 0.05) is 6.04 Å². The first kappa shape index (κ1) is 15.4. The Kier molecular flexibility index (Phi) is 5.20. The summed E-state index contributed by atoms with van der Waals surface area (Å²) in [4.78, 5) is 26.0. The van der Waals surface area contributed by atoms with Crippen LogP contribution in [0.3, 0.4) is 0 Å². The fraction of sp³-hybridized carbons (Fsp3) is 0.500. The molecule has 0 spiro atoms. The quantitative estimate of drug-likeness (QED) is 0.723. The number of carbonyl (C=O) groups is 2. The molecule has 1 aliphatic rings. The molecular weight excluding hydrogens is 270 g/mol. The maximum absolute atomic E-state index is 12.7. The minimum absolute atomic E-state index is 0.00218. The summed E-state index contributed by atoms with van der Waals surface area (Å²) in [7, 11) is 0. The van der Waals surface area contributed by atoms with Crippen LogP contribution in [0.15, 0.2) is 24.3 Å². The van der Waals surface area contributed by atoms with Crippen LogP contribution in [-0.4, -0.2) is 42.6 Å². The van der Waals surface area contributed by atoms with Gasteiger partial charge >= 0.3 is 5.97 Å². The van der Waals surface area contributed by atoms with Gasteiger partial charge in [0.2, 0.25) is 0 Å². The molecule has 1 aromatic carbocycles. The molecule has 1 aromatic rings. The van der Waals surface area contributed by atoms with Crippen LogP contribution in [0.4, 0.5) is 0 Å². The molecule has 0 saturated heterocycles. The number of nitrogens with zero attached hydrogens (tertiary/aromatic N) is 1. The van der Waals surface area contributed by atoms with Gasteiger partial charge in [0.15, 0.2) is 0 Å². The second-order valence-corrected chi connectivity index (χ2v) is 4.90. The molecule has 1 fully saturated rings. The average Bonchev–Trinajstić information content (AvgIpc) is 3.30. The van der Waals surface area contributed by atoms with E-state index >= 15 is 0 Å². The van der Waals surface area contributed by atoms with Crippen LogP contribution in [-0.2, 0) is 9.53 Å². The summed E-state index contributed by atoms with van der Waals surface area (Å²) in [6, 6.07) is 7.26. The van der Waals surface area contributed by atoms with Gasteiger partial charge in [-0.1, -0.05) is 12.1 Å². The van der Waals surface area contributed by atoms with Crippen molar-refractivity contribution in [3.05, 3.63) is 29.8 Å². The van der Waals surface area contributed by atoms with E-state index in [1.807, 2.05) is 13.0 Å². The van der Waals surface area contributed by atoms with Crippen LogP contribution in [0.1, 0.15) is 37.0 Å². The van der Waals surface area contributed by atoms with Crippen molar-refractivity contribution in [3.63, 3.8) is 0 Å². The highest BCUT2D eigenvalue weighted by atomic mass is 16.5. The van der Waals surface area contributed by atoms with E-state index in [0.717, 1.165) is 12.8 Å². The first-order valence-electron chi connectivity index (χ1n) is 7.35. The number of rotatable bonds is 7. The summed E-state index contributed by atoms with van der Waals surface area (Å²) in [6.07, 6.45) is 1.86. The highest BCUT2D eigenvalue weighted by Crippen LogP contribution is 2.30. The van der Waals surface area contributed by atoms with Crippen molar-refractivity contribution in [2.45, 2.75) is 32.7 Å². The number of para-hydroxylation sites is 1. The second kappa shape index (κ2) is 7.11. The van der Waals surface area contributed by atoms with Gasteiger partial charge in [-0.25, -0.2) is 0 Å². The topological polar surface area (TPSA) is 55.8 Å². The Balaban J connectivity index is 2.16. The number of amides is 1. The van der Waals surface area contributed by atoms with Crippen molar-refractivity contribution < 1.29 is 19.1 Å². The third kappa shape index (κ3) is 3.97. The van der Waals surface area contributed by atoms with Crippen molar-refractivity contribution in [2.24, 2.45) is 0 Å². The zero-order valence-corrected chi connectivity index (χ0v) is 12.5. The minimum Gasteiger partial charge on any atom is -0.493 e. The van der Waals surface area contributed by atoms with E-state index in [0.29, 0.717) is 24.5 Å². The molecule has 2 rings (SSSR count).